The molecule has 28 heavy (non-hydrogen) atoms. The molecular formula is C25H20ClNO. The molecule has 0 atom stereocenters. The zero-order valence-corrected chi connectivity index (χ0v) is 16.4. The van der Waals surface area contributed by atoms with Crippen LogP contribution in [0.25, 0.3) is 10.8 Å². The number of aliphatic imine (C=N–C) groups is 1. The number of fused-ring (bicyclic) bond motifs is 1. The standard InChI is InChI=1S/C25H20ClNO/c1-18-9-12-23(13-10-18)27-16-21-15-22(26)11-14-25(21)28-17-20-7-4-6-19-5-2-3-8-24(19)20/h2-16H,17H2,1H3. The quantitative estimate of drug-likeness (QED) is 0.335. The number of aryl methyl sites for hydroxylation is 1. The molecule has 0 aliphatic rings. The van der Waals surface area contributed by atoms with Gasteiger partial charge in [0, 0.05) is 16.8 Å². The highest BCUT2D eigenvalue weighted by molar-refractivity contribution is 6.30. The summed E-state index contributed by atoms with van der Waals surface area (Å²) in [5.74, 6) is 0.758. The number of ether oxygens (including phenoxy) is 1. The maximum atomic E-state index is 6.20. The van der Waals surface area contributed by atoms with Crippen molar-refractivity contribution in [3.8, 4) is 5.75 Å². The van der Waals surface area contributed by atoms with Crippen LogP contribution in [0.15, 0.2) is 89.9 Å². The third kappa shape index (κ3) is 4.24. The largest absolute Gasteiger partial charge is 0.488 e. The van der Waals surface area contributed by atoms with Crippen molar-refractivity contribution >= 4 is 34.3 Å². The SMILES string of the molecule is Cc1ccc(N=Cc2cc(Cl)ccc2OCc2cccc3ccccc23)cc1. The van der Waals surface area contributed by atoms with Crippen molar-refractivity contribution in [3.63, 3.8) is 0 Å². The van der Waals surface area contributed by atoms with Gasteiger partial charge in [-0.2, -0.15) is 0 Å². The Bertz CT molecular complexity index is 1130. The second-order valence-electron chi connectivity index (χ2n) is 6.70. The first kappa shape index (κ1) is 18.3. The molecule has 0 amide bonds. The summed E-state index contributed by atoms with van der Waals surface area (Å²) in [5, 5.41) is 3.07. The Hall–Kier alpha value is -3.10. The van der Waals surface area contributed by atoms with Gasteiger partial charge in [0.2, 0.25) is 0 Å². The van der Waals surface area contributed by atoms with Crippen LogP contribution in [0.1, 0.15) is 16.7 Å². The van der Waals surface area contributed by atoms with Crippen LogP contribution in [0.2, 0.25) is 5.02 Å². The number of rotatable bonds is 5. The molecule has 4 aromatic carbocycles. The van der Waals surface area contributed by atoms with Gasteiger partial charge in [-0.25, -0.2) is 0 Å². The normalized spacial score (nSPS) is 11.2. The summed E-state index contributed by atoms with van der Waals surface area (Å²) < 4.78 is 6.14. The van der Waals surface area contributed by atoms with Gasteiger partial charge >= 0.3 is 0 Å². The van der Waals surface area contributed by atoms with Gasteiger partial charge in [0.25, 0.3) is 0 Å². The van der Waals surface area contributed by atoms with E-state index in [-0.39, 0.29) is 0 Å². The first-order valence-corrected chi connectivity index (χ1v) is 9.56. The highest BCUT2D eigenvalue weighted by Crippen LogP contribution is 2.25. The van der Waals surface area contributed by atoms with Crippen molar-refractivity contribution in [1.29, 1.82) is 0 Å². The summed E-state index contributed by atoms with van der Waals surface area (Å²) in [6.45, 7) is 2.54. The van der Waals surface area contributed by atoms with Crippen molar-refractivity contribution in [3.05, 3.63) is 107 Å². The Labute approximate surface area is 170 Å². The minimum absolute atomic E-state index is 0.481. The minimum atomic E-state index is 0.481. The summed E-state index contributed by atoms with van der Waals surface area (Å²) in [7, 11) is 0. The van der Waals surface area contributed by atoms with Crippen LogP contribution in [0.3, 0.4) is 0 Å². The molecule has 0 fully saturated rings. The average molecular weight is 386 g/mol. The van der Waals surface area contributed by atoms with Crippen LogP contribution in [0, 0.1) is 6.92 Å². The van der Waals surface area contributed by atoms with Gasteiger partial charge in [0.15, 0.2) is 0 Å². The Kier molecular flexibility index (Phi) is 5.41. The van der Waals surface area contributed by atoms with Gasteiger partial charge in [0.05, 0.1) is 5.69 Å². The van der Waals surface area contributed by atoms with Gasteiger partial charge in [-0.3, -0.25) is 4.99 Å². The van der Waals surface area contributed by atoms with Crippen molar-refractivity contribution in [2.24, 2.45) is 4.99 Å². The van der Waals surface area contributed by atoms with Crippen LogP contribution in [-0.4, -0.2) is 6.21 Å². The van der Waals surface area contributed by atoms with E-state index in [4.69, 9.17) is 16.3 Å². The van der Waals surface area contributed by atoms with E-state index < -0.39 is 0 Å². The lowest BCUT2D eigenvalue weighted by Gasteiger charge is -2.11. The third-order valence-corrected chi connectivity index (χ3v) is 4.86. The number of halogens is 1. The van der Waals surface area contributed by atoms with Crippen molar-refractivity contribution in [2.45, 2.75) is 13.5 Å². The Morgan fingerprint density at radius 2 is 1.68 bits per heavy atom. The van der Waals surface area contributed by atoms with E-state index in [1.54, 1.807) is 6.21 Å². The summed E-state index contributed by atoms with van der Waals surface area (Å²) in [6.07, 6.45) is 1.80. The topological polar surface area (TPSA) is 21.6 Å². The first-order chi connectivity index (χ1) is 13.7. The summed E-state index contributed by atoms with van der Waals surface area (Å²) in [4.78, 5) is 4.56. The average Bonchev–Trinajstić information content (AvgIpc) is 2.72. The lowest BCUT2D eigenvalue weighted by Crippen LogP contribution is -1.99. The maximum absolute atomic E-state index is 6.20. The van der Waals surface area contributed by atoms with E-state index in [1.165, 1.54) is 16.3 Å². The van der Waals surface area contributed by atoms with E-state index in [0.29, 0.717) is 11.6 Å². The highest BCUT2D eigenvalue weighted by atomic mass is 35.5. The molecule has 0 aromatic heterocycles. The first-order valence-electron chi connectivity index (χ1n) is 9.19. The smallest absolute Gasteiger partial charge is 0.128 e. The van der Waals surface area contributed by atoms with Crippen molar-refractivity contribution in [1.82, 2.24) is 0 Å². The molecule has 0 heterocycles. The van der Waals surface area contributed by atoms with E-state index in [0.717, 1.165) is 22.6 Å². The van der Waals surface area contributed by atoms with E-state index in [9.17, 15) is 0 Å². The van der Waals surface area contributed by atoms with Crippen molar-refractivity contribution in [2.75, 3.05) is 0 Å². The minimum Gasteiger partial charge on any atom is -0.488 e. The molecule has 138 valence electrons. The lowest BCUT2D eigenvalue weighted by atomic mass is 10.1. The maximum Gasteiger partial charge on any atom is 0.128 e. The van der Waals surface area contributed by atoms with Crippen LogP contribution in [0.4, 0.5) is 5.69 Å². The molecule has 0 aliphatic heterocycles. The van der Waals surface area contributed by atoms with E-state index in [2.05, 4.69) is 42.2 Å². The lowest BCUT2D eigenvalue weighted by molar-refractivity contribution is 0.307. The molecule has 4 aromatic rings. The fraction of sp³-hybridized carbons (Fsp3) is 0.0800. The van der Waals surface area contributed by atoms with Gasteiger partial charge in [-0.15, -0.1) is 0 Å². The molecule has 0 unspecified atom stereocenters. The molecule has 0 N–H and O–H groups in total. The highest BCUT2D eigenvalue weighted by Gasteiger charge is 2.06. The number of hydrogen-bond donors (Lipinski definition) is 0. The predicted octanol–water partition coefficient (Wildman–Crippen LogP) is 7.13. The molecule has 3 heteroatoms. The van der Waals surface area contributed by atoms with E-state index >= 15 is 0 Å². The number of benzene rings is 4. The third-order valence-electron chi connectivity index (χ3n) is 4.62. The van der Waals surface area contributed by atoms with Crippen LogP contribution in [-0.2, 0) is 6.61 Å². The molecule has 0 radical (unpaired) electrons. The fourth-order valence-corrected chi connectivity index (χ4v) is 3.28. The number of hydrogen-bond acceptors (Lipinski definition) is 2. The van der Waals surface area contributed by atoms with Crippen molar-refractivity contribution < 1.29 is 4.74 Å². The molecule has 0 spiro atoms. The van der Waals surface area contributed by atoms with E-state index in [1.807, 2.05) is 54.6 Å². The Balaban J connectivity index is 1.58. The zero-order chi connectivity index (χ0) is 19.3. The number of nitrogens with zero attached hydrogens (tertiary/aromatic N) is 1. The molecule has 2 nitrogen and oxygen atoms in total. The van der Waals surface area contributed by atoms with Gasteiger partial charge in [-0.05, 0) is 53.6 Å². The molecule has 0 saturated carbocycles. The predicted molar refractivity (Wildman–Crippen MR) is 118 cm³/mol. The zero-order valence-electron chi connectivity index (χ0n) is 15.6. The monoisotopic (exact) mass is 385 g/mol. The second-order valence-corrected chi connectivity index (χ2v) is 7.14. The Morgan fingerprint density at radius 3 is 2.54 bits per heavy atom. The van der Waals surface area contributed by atoms with Gasteiger partial charge < -0.3 is 4.74 Å². The molecular weight excluding hydrogens is 366 g/mol. The van der Waals surface area contributed by atoms with Crippen LogP contribution < -0.4 is 4.74 Å². The molecule has 0 aliphatic carbocycles. The Morgan fingerprint density at radius 1 is 0.893 bits per heavy atom. The summed E-state index contributed by atoms with van der Waals surface area (Å²) >= 11 is 6.20. The molecule has 0 bridgehead atoms. The summed E-state index contributed by atoms with van der Waals surface area (Å²) in [6, 6.07) is 28.3. The van der Waals surface area contributed by atoms with Gasteiger partial charge in [-0.1, -0.05) is 71.8 Å². The summed E-state index contributed by atoms with van der Waals surface area (Å²) in [5.41, 5.74) is 4.11. The van der Waals surface area contributed by atoms with Crippen LogP contribution in [0.5, 0.6) is 5.75 Å². The molecule has 0 saturated heterocycles. The van der Waals surface area contributed by atoms with Gasteiger partial charge in [0.1, 0.15) is 12.4 Å². The molecule has 4 rings (SSSR count). The fourth-order valence-electron chi connectivity index (χ4n) is 3.10. The van der Waals surface area contributed by atoms with Crippen LogP contribution >= 0.6 is 11.6 Å². The second kappa shape index (κ2) is 8.28.